The van der Waals surface area contributed by atoms with Crippen molar-refractivity contribution in [2.75, 3.05) is 7.11 Å². The van der Waals surface area contributed by atoms with E-state index in [2.05, 4.69) is 12.1 Å². The van der Waals surface area contributed by atoms with Gasteiger partial charge in [0.2, 0.25) is 5.91 Å². The Morgan fingerprint density at radius 1 is 1.10 bits per heavy atom. The largest absolute Gasteiger partial charge is 0.497 e. The maximum atomic E-state index is 12.2. The first-order valence-electron chi connectivity index (χ1n) is 7.25. The van der Waals surface area contributed by atoms with Gasteiger partial charge < -0.3 is 9.64 Å². The van der Waals surface area contributed by atoms with Crippen LogP contribution in [0.3, 0.4) is 0 Å². The third kappa shape index (κ3) is 2.92. The fourth-order valence-electron chi connectivity index (χ4n) is 2.88. The minimum absolute atomic E-state index is 0.195. The number of hydrogen-bond acceptors (Lipinski definition) is 2. The van der Waals surface area contributed by atoms with Gasteiger partial charge in [0.1, 0.15) is 5.75 Å². The molecule has 0 aromatic heterocycles. The number of ether oxygens (including phenoxy) is 1. The fourth-order valence-corrected chi connectivity index (χ4v) is 2.88. The van der Waals surface area contributed by atoms with Crippen molar-refractivity contribution in [3.05, 3.63) is 65.7 Å². The third-order valence-corrected chi connectivity index (χ3v) is 4.02. The first-order valence-corrected chi connectivity index (χ1v) is 7.25. The zero-order chi connectivity index (χ0) is 14.7. The molecule has 108 valence electrons. The van der Waals surface area contributed by atoms with Gasteiger partial charge in [0, 0.05) is 13.0 Å². The zero-order valence-corrected chi connectivity index (χ0v) is 12.2. The molecule has 3 nitrogen and oxygen atoms in total. The number of rotatable bonds is 4. The van der Waals surface area contributed by atoms with E-state index in [0.29, 0.717) is 13.0 Å². The fraction of sp³-hybridized carbons (Fsp3) is 0.278. The highest BCUT2D eigenvalue weighted by molar-refractivity contribution is 5.79. The zero-order valence-electron chi connectivity index (χ0n) is 12.2. The molecule has 0 N–H and O–H groups in total. The van der Waals surface area contributed by atoms with Gasteiger partial charge in [-0.05, 0) is 29.7 Å². The van der Waals surface area contributed by atoms with Gasteiger partial charge in [-0.3, -0.25) is 4.79 Å². The van der Waals surface area contributed by atoms with Crippen LogP contribution in [0.1, 0.15) is 30.0 Å². The minimum Gasteiger partial charge on any atom is -0.497 e. The van der Waals surface area contributed by atoms with Gasteiger partial charge in [-0.2, -0.15) is 0 Å². The van der Waals surface area contributed by atoms with Crippen molar-refractivity contribution in [1.29, 1.82) is 0 Å². The predicted octanol–water partition coefficient (Wildman–Crippen LogP) is 3.56. The smallest absolute Gasteiger partial charge is 0.223 e. The number of carbonyl (C=O) groups excluding carboxylic acids is 1. The van der Waals surface area contributed by atoms with Crippen LogP contribution in [-0.4, -0.2) is 17.9 Å². The van der Waals surface area contributed by atoms with Crippen LogP contribution in [-0.2, 0) is 11.3 Å². The lowest BCUT2D eigenvalue weighted by atomic mass is 10.0. The van der Waals surface area contributed by atoms with Gasteiger partial charge in [-0.1, -0.05) is 42.5 Å². The number of carbonyl (C=O) groups is 1. The number of hydrogen-bond donors (Lipinski definition) is 0. The molecule has 0 saturated carbocycles. The summed E-state index contributed by atoms with van der Waals surface area (Å²) in [6.45, 7) is 0.655. The number of methoxy groups -OCH3 is 1. The molecule has 0 bridgehead atoms. The Morgan fingerprint density at radius 2 is 1.81 bits per heavy atom. The van der Waals surface area contributed by atoms with Crippen LogP contribution in [0.25, 0.3) is 0 Å². The second-order valence-electron chi connectivity index (χ2n) is 5.33. The van der Waals surface area contributed by atoms with Crippen molar-refractivity contribution >= 4 is 5.91 Å². The van der Waals surface area contributed by atoms with Gasteiger partial charge in [0.15, 0.2) is 0 Å². The molecule has 3 heteroatoms. The van der Waals surface area contributed by atoms with Gasteiger partial charge in [0.05, 0.1) is 13.2 Å². The molecule has 3 rings (SSSR count). The number of amides is 1. The van der Waals surface area contributed by atoms with Crippen LogP contribution >= 0.6 is 0 Å². The van der Waals surface area contributed by atoms with Gasteiger partial charge in [-0.25, -0.2) is 0 Å². The van der Waals surface area contributed by atoms with Crippen molar-refractivity contribution in [2.45, 2.75) is 25.4 Å². The molecule has 1 aliphatic rings. The van der Waals surface area contributed by atoms with Gasteiger partial charge in [-0.15, -0.1) is 0 Å². The van der Waals surface area contributed by atoms with Crippen molar-refractivity contribution < 1.29 is 9.53 Å². The van der Waals surface area contributed by atoms with Crippen LogP contribution in [0, 0.1) is 0 Å². The molecule has 2 aromatic rings. The SMILES string of the molecule is COc1ccc(CN2C(=O)CC[C@@H]2c2ccccc2)cc1. The summed E-state index contributed by atoms with van der Waals surface area (Å²) in [6, 6.07) is 18.4. The van der Waals surface area contributed by atoms with E-state index in [0.717, 1.165) is 17.7 Å². The first kappa shape index (κ1) is 13.7. The predicted molar refractivity (Wildman–Crippen MR) is 82.0 cm³/mol. The maximum Gasteiger partial charge on any atom is 0.223 e. The van der Waals surface area contributed by atoms with E-state index < -0.39 is 0 Å². The molecule has 1 amide bonds. The van der Waals surface area contributed by atoms with E-state index in [9.17, 15) is 4.79 Å². The second kappa shape index (κ2) is 6.00. The van der Waals surface area contributed by atoms with Crippen LogP contribution in [0.2, 0.25) is 0 Å². The monoisotopic (exact) mass is 281 g/mol. The third-order valence-electron chi connectivity index (χ3n) is 4.02. The summed E-state index contributed by atoms with van der Waals surface area (Å²) >= 11 is 0. The number of nitrogens with zero attached hydrogens (tertiary/aromatic N) is 1. The van der Waals surface area contributed by atoms with Crippen LogP contribution in [0.4, 0.5) is 0 Å². The summed E-state index contributed by atoms with van der Waals surface area (Å²) in [4.78, 5) is 14.2. The average molecular weight is 281 g/mol. The van der Waals surface area contributed by atoms with E-state index >= 15 is 0 Å². The Labute approximate surface area is 125 Å². The molecule has 0 unspecified atom stereocenters. The minimum atomic E-state index is 0.195. The average Bonchev–Trinajstić information content (AvgIpc) is 2.90. The quantitative estimate of drug-likeness (QED) is 0.857. The van der Waals surface area contributed by atoms with Crippen LogP contribution in [0.5, 0.6) is 5.75 Å². The standard InChI is InChI=1S/C18H19NO2/c1-21-16-9-7-14(8-10-16)13-19-17(11-12-18(19)20)15-5-3-2-4-6-15/h2-10,17H,11-13H2,1H3/t17-/m1/s1. The van der Waals surface area contributed by atoms with Crippen molar-refractivity contribution in [2.24, 2.45) is 0 Å². The Kier molecular flexibility index (Phi) is 3.91. The highest BCUT2D eigenvalue weighted by atomic mass is 16.5. The number of benzene rings is 2. The summed E-state index contributed by atoms with van der Waals surface area (Å²) < 4.78 is 5.17. The molecule has 1 saturated heterocycles. The molecule has 1 fully saturated rings. The van der Waals surface area contributed by atoms with E-state index in [4.69, 9.17) is 4.74 Å². The van der Waals surface area contributed by atoms with Crippen molar-refractivity contribution in [1.82, 2.24) is 4.90 Å². The summed E-state index contributed by atoms with van der Waals surface area (Å²) in [7, 11) is 1.66. The van der Waals surface area contributed by atoms with E-state index in [-0.39, 0.29) is 11.9 Å². The summed E-state index contributed by atoms with van der Waals surface area (Å²) in [6.07, 6.45) is 1.54. The van der Waals surface area contributed by atoms with Gasteiger partial charge in [0.25, 0.3) is 0 Å². The molecule has 0 radical (unpaired) electrons. The van der Waals surface area contributed by atoms with Gasteiger partial charge >= 0.3 is 0 Å². The Morgan fingerprint density at radius 3 is 2.48 bits per heavy atom. The summed E-state index contributed by atoms with van der Waals surface area (Å²) in [5.41, 5.74) is 2.35. The molecule has 1 heterocycles. The maximum absolute atomic E-state index is 12.2. The topological polar surface area (TPSA) is 29.5 Å². The first-order chi connectivity index (χ1) is 10.3. The Hall–Kier alpha value is -2.29. The molecule has 0 aliphatic carbocycles. The van der Waals surface area contributed by atoms with Crippen molar-refractivity contribution in [3.63, 3.8) is 0 Å². The molecule has 1 atom stereocenters. The molecule has 0 spiro atoms. The van der Waals surface area contributed by atoms with Crippen LogP contribution in [0.15, 0.2) is 54.6 Å². The lowest BCUT2D eigenvalue weighted by molar-refractivity contribution is -0.129. The molecular formula is C18H19NO2. The van der Waals surface area contributed by atoms with Crippen LogP contribution < -0.4 is 4.74 Å². The second-order valence-corrected chi connectivity index (χ2v) is 5.33. The van der Waals surface area contributed by atoms with E-state index in [1.54, 1.807) is 7.11 Å². The lowest BCUT2D eigenvalue weighted by Gasteiger charge is -2.25. The highest BCUT2D eigenvalue weighted by Crippen LogP contribution is 2.34. The normalized spacial score (nSPS) is 18.0. The van der Waals surface area contributed by atoms with Crippen molar-refractivity contribution in [3.8, 4) is 5.75 Å². The highest BCUT2D eigenvalue weighted by Gasteiger charge is 2.31. The molecule has 2 aromatic carbocycles. The number of likely N-dealkylation sites (tertiary alicyclic amines) is 1. The Bertz CT molecular complexity index is 607. The molecule has 21 heavy (non-hydrogen) atoms. The lowest BCUT2D eigenvalue weighted by Crippen LogP contribution is -2.27. The van der Waals surface area contributed by atoms with E-state index in [1.807, 2.05) is 47.4 Å². The summed E-state index contributed by atoms with van der Waals surface area (Å²) in [5, 5.41) is 0. The molecule has 1 aliphatic heterocycles. The summed E-state index contributed by atoms with van der Waals surface area (Å²) in [5.74, 6) is 1.07. The molecular weight excluding hydrogens is 262 g/mol. The van der Waals surface area contributed by atoms with E-state index in [1.165, 1.54) is 5.56 Å². The Balaban J connectivity index is 1.79.